The molecule has 1 fully saturated rings. The van der Waals surface area contributed by atoms with Crippen LogP contribution in [0.4, 0.5) is 4.39 Å². The van der Waals surface area contributed by atoms with E-state index in [0.29, 0.717) is 13.0 Å². The number of alkyl halides is 1. The van der Waals surface area contributed by atoms with Gasteiger partial charge in [0.25, 0.3) is 15.2 Å². The molecule has 0 bridgehead atoms. The minimum Gasteiger partial charge on any atom is -0.255 e. The third kappa shape index (κ3) is 2.79. The normalized spacial score (nSPS) is 25.9. The van der Waals surface area contributed by atoms with Crippen molar-refractivity contribution in [1.29, 1.82) is 0 Å². The number of halogens is 1. The molecule has 0 aliphatic carbocycles. The molecule has 6 nitrogen and oxygen atoms in total. The highest BCUT2D eigenvalue weighted by molar-refractivity contribution is 7.88. The van der Waals surface area contributed by atoms with Crippen molar-refractivity contribution < 1.29 is 12.8 Å². The van der Waals surface area contributed by atoms with Gasteiger partial charge in [0.15, 0.2) is 0 Å². The molecule has 0 radical (unpaired) electrons. The van der Waals surface area contributed by atoms with E-state index in [1.54, 1.807) is 7.05 Å². The average molecular weight is 290 g/mol. The first-order chi connectivity index (χ1) is 8.82. The number of rotatable bonds is 3. The highest BCUT2D eigenvalue weighted by Gasteiger charge is 2.38. The topological polar surface area (TPSA) is 68.1 Å². The lowest BCUT2D eigenvalue weighted by molar-refractivity contribution is 0.101. The van der Waals surface area contributed by atoms with Crippen molar-refractivity contribution in [2.24, 2.45) is 18.9 Å². The van der Waals surface area contributed by atoms with Gasteiger partial charge in [-0.1, -0.05) is 13.8 Å². The van der Waals surface area contributed by atoms with Crippen molar-refractivity contribution in [3.8, 4) is 0 Å². The van der Waals surface area contributed by atoms with Crippen LogP contribution in [0, 0.1) is 11.8 Å². The van der Waals surface area contributed by atoms with E-state index in [-0.39, 0.29) is 23.5 Å². The Morgan fingerprint density at radius 3 is 2.63 bits per heavy atom. The van der Waals surface area contributed by atoms with Crippen LogP contribution in [-0.4, -0.2) is 46.7 Å². The van der Waals surface area contributed by atoms with Gasteiger partial charge in [-0.3, -0.25) is 4.68 Å². The molecule has 0 N–H and O–H groups in total. The molecule has 0 spiro atoms. The van der Waals surface area contributed by atoms with Crippen LogP contribution >= 0.6 is 0 Å². The van der Waals surface area contributed by atoms with Crippen LogP contribution in [-0.2, 0) is 17.1 Å². The van der Waals surface area contributed by atoms with Crippen molar-refractivity contribution in [3.63, 3.8) is 0 Å². The summed E-state index contributed by atoms with van der Waals surface area (Å²) in [7, 11) is -2.18. The average Bonchev–Trinajstić information content (AvgIpc) is 2.76. The molecule has 1 saturated heterocycles. The van der Waals surface area contributed by atoms with Crippen molar-refractivity contribution in [2.45, 2.75) is 31.6 Å². The van der Waals surface area contributed by atoms with Gasteiger partial charge in [-0.15, -0.1) is 5.10 Å². The molecule has 1 aromatic rings. The zero-order valence-electron chi connectivity index (χ0n) is 11.3. The Morgan fingerprint density at radius 1 is 1.47 bits per heavy atom. The summed E-state index contributed by atoms with van der Waals surface area (Å²) in [4.78, 5) is 3.74. The standard InChI is InChI=1S/C11H19FN4O2S/c1-8(2)9-4-5-16(6-10(9)12)19(17,18)11-13-7-15(3)14-11/h7-10H,4-6H2,1-3H3/t9-,10+/m0/s1. The molecule has 1 aromatic heterocycles. The minimum absolute atomic E-state index is 0.0804. The molecule has 108 valence electrons. The summed E-state index contributed by atoms with van der Waals surface area (Å²) in [6.07, 6.45) is 0.721. The maximum Gasteiger partial charge on any atom is 0.282 e. The van der Waals surface area contributed by atoms with E-state index in [1.165, 1.54) is 11.0 Å². The van der Waals surface area contributed by atoms with Crippen molar-refractivity contribution in [2.75, 3.05) is 13.1 Å². The van der Waals surface area contributed by atoms with E-state index in [9.17, 15) is 12.8 Å². The molecule has 2 heterocycles. The van der Waals surface area contributed by atoms with Crippen molar-refractivity contribution >= 4 is 10.0 Å². The van der Waals surface area contributed by atoms with E-state index in [2.05, 4.69) is 10.1 Å². The highest BCUT2D eigenvalue weighted by atomic mass is 32.2. The van der Waals surface area contributed by atoms with Gasteiger partial charge in [-0.2, -0.15) is 4.31 Å². The number of hydrogen-bond acceptors (Lipinski definition) is 4. The lowest BCUT2D eigenvalue weighted by Crippen LogP contribution is -2.46. The smallest absolute Gasteiger partial charge is 0.255 e. The Bertz CT molecular complexity index is 543. The quantitative estimate of drug-likeness (QED) is 0.826. The van der Waals surface area contributed by atoms with Crippen molar-refractivity contribution in [1.82, 2.24) is 19.1 Å². The second kappa shape index (κ2) is 5.16. The summed E-state index contributed by atoms with van der Waals surface area (Å²) in [5.41, 5.74) is 0. The Hall–Kier alpha value is -1.02. The Kier molecular flexibility index (Phi) is 3.91. The van der Waals surface area contributed by atoms with E-state index in [0.717, 1.165) is 4.31 Å². The number of aromatic nitrogens is 3. The molecule has 0 saturated carbocycles. The molecule has 2 atom stereocenters. The molecule has 2 rings (SSSR count). The Balaban J connectivity index is 2.16. The van der Waals surface area contributed by atoms with Crippen LogP contribution in [0.15, 0.2) is 11.5 Å². The summed E-state index contributed by atoms with van der Waals surface area (Å²) < 4.78 is 41.0. The zero-order valence-corrected chi connectivity index (χ0v) is 12.1. The fourth-order valence-electron chi connectivity index (χ4n) is 2.42. The molecular weight excluding hydrogens is 271 g/mol. The first-order valence-electron chi connectivity index (χ1n) is 6.32. The molecule has 19 heavy (non-hydrogen) atoms. The van der Waals surface area contributed by atoms with Gasteiger partial charge in [0.1, 0.15) is 12.5 Å². The van der Waals surface area contributed by atoms with Gasteiger partial charge in [0.2, 0.25) is 0 Å². The summed E-state index contributed by atoms with van der Waals surface area (Å²) >= 11 is 0. The number of hydrogen-bond donors (Lipinski definition) is 0. The largest absolute Gasteiger partial charge is 0.282 e. The van der Waals surface area contributed by atoms with Crippen LogP contribution < -0.4 is 0 Å². The molecule has 0 amide bonds. The van der Waals surface area contributed by atoms with E-state index in [4.69, 9.17) is 0 Å². The van der Waals surface area contributed by atoms with Crippen LogP contribution in [0.2, 0.25) is 0 Å². The van der Waals surface area contributed by atoms with Gasteiger partial charge in [-0.25, -0.2) is 17.8 Å². The first-order valence-corrected chi connectivity index (χ1v) is 7.76. The lowest BCUT2D eigenvalue weighted by Gasteiger charge is -2.35. The number of sulfonamides is 1. The Labute approximate surface area is 112 Å². The maximum absolute atomic E-state index is 14.0. The van der Waals surface area contributed by atoms with Crippen molar-refractivity contribution in [3.05, 3.63) is 6.33 Å². The highest BCUT2D eigenvalue weighted by Crippen LogP contribution is 2.29. The fraction of sp³-hybridized carbons (Fsp3) is 0.818. The van der Waals surface area contributed by atoms with Gasteiger partial charge < -0.3 is 0 Å². The van der Waals surface area contributed by atoms with Gasteiger partial charge in [0.05, 0.1) is 0 Å². The predicted molar refractivity (Wildman–Crippen MR) is 67.6 cm³/mol. The maximum atomic E-state index is 14.0. The monoisotopic (exact) mass is 290 g/mol. The second-order valence-corrected chi connectivity index (χ2v) is 7.11. The first kappa shape index (κ1) is 14.4. The van der Waals surface area contributed by atoms with Gasteiger partial charge >= 0.3 is 0 Å². The predicted octanol–water partition coefficient (Wildman–Crippen LogP) is 0.820. The number of piperidine rings is 1. The van der Waals surface area contributed by atoms with Gasteiger partial charge in [-0.05, 0) is 18.3 Å². The SMILES string of the molecule is CC(C)[C@@H]1CCN(S(=O)(=O)c2ncn(C)n2)C[C@H]1F. The molecule has 1 aliphatic heterocycles. The van der Waals surface area contributed by atoms with Crippen LogP contribution in [0.5, 0.6) is 0 Å². The lowest BCUT2D eigenvalue weighted by atomic mass is 9.86. The van der Waals surface area contributed by atoms with Crippen LogP contribution in [0.1, 0.15) is 20.3 Å². The molecule has 1 aliphatic rings. The third-order valence-electron chi connectivity index (χ3n) is 3.56. The summed E-state index contributed by atoms with van der Waals surface area (Å²) in [6.45, 7) is 4.14. The third-order valence-corrected chi connectivity index (χ3v) is 5.22. The summed E-state index contributed by atoms with van der Waals surface area (Å²) in [5.74, 6) is 0.135. The number of nitrogens with zero attached hydrogens (tertiary/aromatic N) is 4. The summed E-state index contributed by atoms with van der Waals surface area (Å²) in [6, 6.07) is 0. The Morgan fingerprint density at radius 2 is 2.16 bits per heavy atom. The van der Waals surface area contributed by atoms with E-state index < -0.39 is 16.2 Å². The minimum atomic E-state index is -3.77. The zero-order chi connectivity index (χ0) is 14.2. The molecule has 8 heteroatoms. The molecule has 0 unspecified atom stereocenters. The molecular formula is C11H19FN4O2S. The summed E-state index contributed by atoms with van der Waals surface area (Å²) in [5, 5.41) is 3.53. The van der Waals surface area contributed by atoms with E-state index in [1.807, 2.05) is 13.8 Å². The second-order valence-electron chi connectivity index (χ2n) is 5.28. The van der Waals surface area contributed by atoms with Crippen LogP contribution in [0.25, 0.3) is 0 Å². The van der Waals surface area contributed by atoms with Gasteiger partial charge in [0, 0.05) is 20.1 Å². The number of aryl methyl sites for hydroxylation is 1. The van der Waals surface area contributed by atoms with E-state index >= 15 is 0 Å². The molecule has 0 aromatic carbocycles. The van der Waals surface area contributed by atoms with Crippen LogP contribution in [0.3, 0.4) is 0 Å². The fourth-order valence-corrected chi connectivity index (χ4v) is 3.75.